The molecule has 0 aliphatic rings. The number of halogens is 1. The second-order valence-electron chi connectivity index (χ2n) is 5.81. The Balaban J connectivity index is 1.75. The third-order valence-electron chi connectivity index (χ3n) is 4.02. The monoisotopic (exact) mass is 378 g/mol. The van der Waals surface area contributed by atoms with E-state index in [9.17, 15) is 8.42 Å². The third kappa shape index (κ3) is 3.81. The van der Waals surface area contributed by atoms with Gasteiger partial charge in [-0.15, -0.1) is 0 Å². The van der Waals surface area contributed by atoms with Crippen LogP contribution in [0.5, 0.6) is 5.75 Å². The van der Waals surface area contributed by atoms with Crippen molar-refractivity contribution in [2.45, 2.75) is 18.2 Å². The first-order chi connectivity index (χ1) is 11.9. The van der Waals surface area contributed by atoms with Crippen LogP contribution in [0.15, 0.2) is 47.5 Å². The van der Waals surface area contributed by atoms with Crippen LogP contribution in [0.4, 0.5) is 0 Å². The Hall–Kier alpha value is -2.02. The minimum absolute atomic E-state index is 0.153. The Bertz CT molecular complexity index is 1010. The number of hydrogen-bond acceptors (Lipinski definition) is 3. The van der Waals surface area contributed by atoms with Crippen LogP contribution in [-0.2, 0) is 16.4 Å². The lowest BCUT2D eigenvalue weighted by Gasteiger charge is -2.11. The van der Waals surface area contributed by atoms with E-state index in [-0.39, 0.29) is 11.4 Å². The van der Waals surface area contributed by atoms with Crippen molar-refractivity contribution in [1.29, 1.82) is 0 Å². The zero-order chi connectivity index (χ0) is 18.0. The molecule has 25 heavy (non-hydrogen) atoms. The summed E-state index contributed by atoms with van der Waals surface area (Å²) in [6.45, 7) is 2.13. The van der Waals surface area contributed by atoms with Crippen LogP contribution in [0.25, 0.3) is 10.9 Å². The first-order valence-corrected chi connectivity index (χ1v) is 9.66. The van der Waals surface area contributed by atoms with Gasteiger partial charge in [0.15, 0.2) is 0 Å². The van der Waals surface area contributed by atoms with E-state index < -0.39 is 10.0 Å². The molecule has 0 saturated carbocycles. The second-order valence-corrected chi connectivity index (χ2v) is 7.98. The number of H-pyrrole nitrogens is 1. The van der Waals surface area contributed by atoms with Gasteiger partial charge >= 0.3 is 0 Å². The summed E-state index contributed by atoms with van der Waals surface area (Å²) in [6, 6.07) is 10.7. The number of aromatic amines is 1. The fourth-order valence-electron chi connectivity index (χ4n) is 2.76. The maximum atomic E-state index is 12.6. The third-order valence-corrected chi connectivity index (χ3v) is 5.74. The predicted octanol–water partition coefficient (Wildman–Crippen LogP) is 3.66. The number of aromatic nitrogens is 1. The Labute approximate surface area is 152 Å². The average Bonchev–Trinajstić information content (AvgIpc) is 2.97. The van der Waals surface area contributed by atoms with Crippen molar-refractivity contribution in [1.82, 2.24) is 9.71 Å². The van der Waals surface area contributed by atoms with Gasteiger partial charge in [-0.3, -0.25) is 0 Å². The summed E-state index contributed by atoms with van der Waals surface area (Å²) in [5.41, 5.74) is 2.82. The van der Waals surface area contributed by atoms with Gasteiger partial charge in [0.2, 0.25) is 10.0 Å². The summed E-state index contributed by atoms with van der Waals surface area (Å²) in [7, 11) is -2.19. The molecule has 0 radical (unpaired) electrons. The number of sulfonamides is 1. The molecule has 2 N–H and O–H groups in total. The van der Waals surface area contributed by atoms with Gasteiger partial charge in [0.05, 0.1) is 7.11 Å². The van der Waals surface area contributed by atoms with E-state index in [1.807, 2.05) is 37.4 Å². The number of nitrogens with one attached hydrogen (secondary N) is 2. The molecule has 1 heterocycles. The quantitative estimate of drug-likeness (QED) is 0.687. The smallest absolute Gasteiger partial charge is 0.244 e. The molecule has 3 aromatic rings. The van der Waals surface area contributed by atoms with Gasteiger partial charge < -0.3 is 9.72 Å². The Kier molecular flexibility index (Phi) is 5.03. The molecule has 0 bridgehead atoms. The summed E-state index contributed by atoms with van der Waals surface area (Å²) >= 11 is 5.98. The van der Waals surface area contributed by atoms with Gasteiger partial charge in [-0.25, -0.2) is 13.1 Å². The standard InChI is InChI=1S/C18H19ClN2O3S/c1-12-3-6-17(24-2)18(9-12)25(22,23)21-8-7-13-11-20-16-10-14(19)4-5-15(13)16/h3-6,9-11,20-21H,7-8H2,1-2H3. The van der Waals surface area contributed by atoms with Crippen LogP contribution in [-0.4, -0.2) is 27.1 Å². The minimum atomic E-state index is -3.65. The number of fused-ring (bicyclic) bond motifs is 1. The van der Waals surface area contributed by atoms with Gasteiger partial charge in [-0.1, -0.05) is 23.7 Å². The maximum absolute atomic E-state index is 12.6. The number of rotatable bonds is 6. The molecule has 1 aromatic heterocycles. The molecule has 7 heteroatoms. The molecule has 132 valence electrons. The van der Waals surface area contributed by atoms with E-state index in [0.29, 0.717) is 17.2 Å². The van der Waals surface area contributed by atoms with Gasteiger partial charge in [0, 0.05) is 28.7 Å². The zero-order valence-corrected chi connectivity index (χ0v) is 15.5. The minimum Gasteiger partial charge on any atom is -0.495 e. The number of hydrogen-bond donors (Lipinski definition) is 2. The molecule has 0 aliphatic heterocycles. The molecule has 5 nitrogen and oxygen atoms in total. The number of ether oxygens (including phenoxy) is 1. The first kappa shape index (κ1) is 17.8. The van der Waals surface area contributed by atoms with Crippen molar-refractivity contribution in [2.24, 2.45) is 0 Å². The lowest BCUT2D eigenvalue weighted by molar-refractivity contribution is 0.402. The summed E-state index contributed by atoms with van der Waals surface area (Å²) in [6.07, 6.45) is 2.44. The van der Waals surface area contributed by atoms with Crippen LogP contribution in [0.3, 0.4) is 0 Å². The van der Waals surface area contributed by atoms with Crippen molar-refractivity contribution in [3.05, 3.63) is 58.7 Å². The normalized spacial score (nSPS) is 11.8. The molecule has 0 atom stereocenters. The average molecular weight is 379 g/mol. The van der Waals surface area contributed by atoms with Crippen molar-refractivity contribution in [3.63, 3.8) is 0 Å². The molecule has 2 aromatic carbocycles. The molecular weight excluding hydrogens is 360 g/mol. The Morgan fingerprint density at radius 3 is 2.76 bits per heavy atom. The van der Waals surface area contributed by atoms with Crippen molar-refractivity contribution >= 4 is 32.5 Å². The highest BCUT2D eigenvalue weighted by molar-refractivity contribution is 7.89. The molecule has 0 unspecified atom stereocenters. The molecule has 0 amide bonds. The SMILES string of the molecule is COc1ccc(C)cc1S(=O)(=O)NCCc1c[nH]c2cc(Cl)ccc12. The van der Waals surface area contributed by atoms with E-state index in [4.69, 9.17) is 16.3 Å². The van der Waals surface area contributed by atoms with E-state index in [1.54, 1.807) is 12.1 Å². The Morgan fingerprint density at radius 1 is 1.20 bits per heavy atom. The highest BCUT2D eigenvalue weighted by Crippen LogP contribution is 2.25. The molecule has 0 spiro atoms. The highest BCUT2D eigenvalue weighted by atomic mass is 35.5. The van der Waals surface area contributed by atoms with E-state index in [1.165, 1.54) is 7.11 Å². The maximum Gasteiger partial charge on any atom is 0.244 e. The van der Waals surface area contributed by atoms with Gasteiger partial charge in [-0.05, 0) is 48.7 Å². The summed E-state index contributed by atoms with van der Waals surface area (Å²) < 4.78 is 33.0. The van der Waals surface area contributed by atoms with Crippen LogP contribution in [0.1, 0.15) is 11.1 Å². The number of aryl methyl sites for hydroxylation is 1. The first-order valence-electron chi connectivity index (χ1n) is 7.80. The van der Waals surface area contributed by atoms with Gasteiger partial charge in [-0.2, -0.15) is 0 Å². The summed E-state index contributed by atoms with van der Waals surface area (Å²) in [5, 5.41) is 1.70. The lowest BCUT2D eigenvalue weighted by atomic mass is 10.1. The predicted molar refractivity (Wildman–Crippen MR) is 99.9 cm³/mol. The molecular formula is C18H19ClN2O3S. The summed E-state index contributed by atoms with van der Waals surface area (Å²) in [4.78, 5) is 3.31. The fourth-order valence-corrected chi connectivity index (χ4v) is 4.21. The van der Waals surface area contributed by atoms with Crippen molar-refractivity contribution < 1.29 is 13.2 Å². The largest absolute Gasteiger partial charge is 0.495 e. The number of methoxy groups -OCH3 is 1. The number of benzene rings is 2. The molecule has 0 fully saturated rings. The van der Waals surface area contributed by atoms with E-state index in [2.05, 4.69) is 9.71 Å². The summed E-state index contributed by atoms with van der Waals surface area (Å²) in [5.74, 6) is 0.333. The van der Waals surface area contributed by atoms with Crippen molar-refractivity contribution in [2.75, 3.05) is 13.7 Å². The van der Waals surface area contributed by atoms with Crippen LogP contribution in [0.2, 0.25) is 5.02 Å². The Morgan fingerprint density at radius 2 is 2.00 bits per heavy atom. The van der Waals surface area contributed by atoms with Gasteiger partial charge in [0.1, 0.15) is 10.6 Å². The fraction of sp³-hybridized carbons (Fsp3) is 0.222. The van der Waals surface area contributed by atoms with Crippen molar-refractivity contribution in [3.8, 4) is 5.75 Å². The molecule has 0 saturated heterocycles. The van der Waals surface area contributed by atoms with Crippen LogP contribution < -0.4 is 9.46 Å². The van der Waals surface area contributed by atoms with Crippen LogP contribution in [0, 0.1) is 6.92 Å². The molecule has 3 rings (SSSR count). The van der Waals surface area contributed by atoms with E-state index in [0.717, 1.165) is 22.0 Å². The lowest BCUT2D eigenvalue weighted by Crippen LogP contribution is -2.26. The second kappa shape index (κ2) is 7.07. The van der Waals surface area contributed by atoms with Crippen LogP contribution >= 0.6 is 11.6 Å². The zero-order valence-electron chi connectivity index (χ0n) is 14.0. The van der Waals surface area contributed by atoms with Gasteiger partial charge in [0.25, 0.3) is 0 Å². The highest BCUT2D eigenvalue weighted by Gasteiger charge is 2.19. The topological polar surface area (TPSA) is 71.2 Å². The van der Waals surface area contributed by atoms with E-state index >= 15 is 0 Å². The molecule has 0 aliphatic carbocycles.